The lowest BCUT2D eigenvalue weighted by Crippen LogP contribution is -2.31. The van der Waals surface area contributed by atoms with Crippen LogP contribution in [0.4, 0.5) is 11.4 Å². The lowest BCUT2D eigenvalue weighted by atomic mass is 9.98. The summed E-state index contributed by atoms with van der Waals surface area (Å²) < 4.78 is 0. The Hall–Kier alpha value is -2.62. The molecule has 0 saturated carbocycles. The van der Waals surface area contributed by atoms with Gasteiger partial charge in [0.05, 0.1) is 6.42 Å². The number of benzene rings is 2. The Morgan fingerprint density at radius 3 is 2.54 bits per heavy atom. The zero-order chi connectivity index (χ0) is 17.3. The summed E-state index contributed by atoms with van der Waals surface area (Å²) in [5.74, 6) is 0.121. The molecule has 0 aromatic heterocycles. The van der Waals surface area contributed by atoms with Crippen molar-refractivity contribution < 1.29 is 9.59 Å². The summed E-state index contributed by atoms with van der Waals surface area (Å²) in [7, 11) is 1.80. The van der Waals surface area contributed by atoms with E-state index >= 15 is 0 Å². The largest absolute Gasteiger partial charge is 0.325 e. The van der Waals surface area contributed by atoms with Crippen LogP contribution in [0.2, 0.25) is 0 Å². The van der Waals surface area contributed by atoms with E-state index in [1.54, 1.807) is 11.9 Å². The maximum Gasteiger partial charge on any atom is 0.228 e. The van der Waals surface area contributed by atoms with Gasteiger partial charge < -0.3 is 10.2 Å². The van der Waals surface area contributed by atoms with Crippen molar-refractivity contribution in [3.05, 3.63) is 58.7 Å². The second kappa shape index (κ2) is 6.48. The second-order valence-corrected chi connectivity index (χ2v) is 6.41. The van der Waals surface area contributed by atoms with Crippen molar-refractivity contribution in [2.24, 2.45) is 0 Å². The van der Waals surface area contributed by atoms with Gasteiger partial charge in [-0.2, -0.15) is 0 Å². The molecule has 2 amide bonds. The first-order chi connectivity index (χ1) is 11.5. The number of hydrogen-bond acceptors (Lipinski definition) is 2. The number of carbonyl (C=O) groups excluding carboxylic acids is 2. The molecule has 0 atom stereocenters. The summed E-state index contributed by atoms with van der Waals surface area (Å²) in [6.07, 6.45) is 1.60. The van der Waals surface area contributed by atoms with Crippen LogP contribution in [0, 0.1) is 13.8 Å². The van der Waals surface area contributed by atoms with Crippen molar-refractivity contribution in [3.8, 4) is 0 Å². The topological polar surface area (TPSA) is 49.4 Å². The van der Waals surface area contributed by atoms with E-state index in [2.05, 4.69) is 5.32 Å². The monoisotopic (exact) mass is 322 g/mol. The first-order valence-corrected chi connectivity index (χ1v) is 8.20. The van der Waals surface area contributed by atoms with Gasteiger partial charge in [-0.05, 0) is 48.6 Å². The van der Waals surface area contributed by atoms with Gasteiger partial charge in [-0.15, -0.1) is 0 Å². The van der Waals surface area contributed by atoms with E-state index in [1.807, 2.05) is 50.2 Å². The molecule has 3 rings (SSSR count). The lowest BCUT2D eigenvalue weighted by Gasteiger charge is -2.26. The minimum absolute atomic E-state index is 0.0207. The van der Waals surface area contributed by atoms with E-state index in [-0.39, 0.29) is 11.8 Å². The van der Waals surface area contributed by atoms with Crippen molar-refractivity contribution >= 4 is 23.2 Å². The molecule has 4 heteroatoms. The van der Waals surface area contributed by atoms with Crippen LogP contribution >= 0.6 is 0 Å². The number of carbonyl (C=O) groups is 2. The summed E-state index contributed by atoms with van der Waals surface area (Å²) in [4.78, 5) is 25.8. The Kier molecular flexibility index (Phi) is 4.38. The minimum atomic E-state index is -0.0207. The summed E-state index contributed by atoms with van der Waals surface area (Å²) in [5.41, 5.74) is 6.08. The molecule has 0 fully saturated rings. The predicted octanol–water partition coefficient (Wildman–Crippen LogP) is 3.39. The van der Waals surface area contributed by atoms with Crippen molar-refractivity contribution in [2.75, 3.05) is 17.3 Å². The quantitative estimate of drug-likeness (QED) is 0.941. The Labute approximate surface area is 142 Å². The molecule has 0 bridgehead atoms. The molecule has 0 spiro atoms. The molecule has 4 nitrogen and oxygen atoms in total. The molecule has 2 aromatic rings. The van der Waals surface area contributed by atoms with Gasteiger partial charge in [-0.3, -0.25) is 9.59 Å². The third-order valence-corrected chi connectivity index (χ3v) is 4.60. The van der Waals surface area contributed by atoms with E-state index in [4.69, 9.17) is 0 Å². The highest BCUT2D eigenvalue weighted by Gasteiger charge is 2.21. The van der Waals surface area contributed by atoms with Gasteiger partial charge in [0, 0.05) is 24.8 Å². The molecule has 0 unspecified atom stereocenters. The number of para-hydroxylation sites is 1. The lowest BCUT2D eigenvalue weighted by molar-refractivity contribution is -0.118. The van der Waals surface area contributed by atoms with Gasteiger partial charge in [0.25, 0.3) is 0 Å². The van der Waals surface area contributed by atoms with Crippen LogP contribution in [-0.4, -0.2) is 18.9 Å². The molecule has 1 heterocycles. The van der Waals surface area contributed by atoms with Crippen molar-refractivity contribution in [1.29, 1.82) is 0 Å². The van der Waals surface area contributed by atoms with Crippen LogP contribution in [-0.2, 0) is 22.4 Å². The normalized spacial score (nSPS) is 13.6. The average molecular weight is 322 g/mol. The number of nitrogens with zero attached hydrogens (tertiary/aromatic N) is 1. The summed E-state index contributed by atoms with van der Waals surface area (Å²) >= 11 is 0. The van der Waals surface area contributed by atoms with E-state index < -0.39 is 0 Å². The third-order valence-electron chi connectivity index (χ3n) is 4.60. The van der Waals surface area contributed by atoms with Crippen LogP contribution in [0.3, 0.4) is 0 Å². The van der Waals surface area contributed by atoms with Gasteiger partial charge in [0.15, 0.2) is 0 Å². The summed E-state index contributed by atoms with van der Waals surface area (Å²) in [6.45, 7) is 3.99. The molecule has 124 valence electrons. The maximum atomic E-state index is 12.4. The van der Waals surface area contributed by atoms with Crippen LogP contribution < -0.4 is 10.2 Å². The fraction of sp³-hybridized carbons (Fsp3) is 0.300. The molecular weight excluding hydrogens is 300 g/mol. The number of rotatable bonds is 3. The Bertz CT molecular complexity index is 791. The maximum absolute atomic E-state index is 12.4. The molecular formula is C20H22N2O2. The number of hydrogen-bond donors (Lipinski definition) is 1. The SMILES string of the molecule is Cc1cccc(C)c1NC(=O)Cc1ccc2c(c1)CCC(=O)N2C. The highest BCUT2D eigenvalue weighted by molar-refractivity contribution is 5.96. The predicted molar refractivity (Wildman–Crippen MR) is 96.4 cm³/mol. The van der Waals surface area contributed by atoms with Crippen LogP contribution in [0.25, 0.3) is 0 Å². The van der Waals surface area contributed by atoms with Crippen LogP contribution in [0.5, 0.6) is 0 Å². The molecule has 1 N–H and O–H groups in total. The fourth-order valence-electron chi connectivity index (χ4n) is 3.20. The van der Waals surface area contributed by atoms with E-state index in [0.717, 1.165) is 40.0 Å². The van der Waals surface area contributed by atoms with E-state index in [0.29, 0.717) is 12.8 Å². The van der Waals surface area contributed by atoms with Crippen molar-refractivity contribution in [3.63, 3.8) is 0 Å². The van der Waals surface area contributed by atoms with Gasteiger partial charge >= 0.3 is 0 Å². The van der Waals surface area contributed by atoms with Crippen LogP contribution in [0.1, 0.15) is 28.7 Å². The van der Waals surface area contributed by atoms with Crippen LogP contribution in [0.15, 0.2) is 36.4 Å². The number of amides is 2. The van der Waals surface area contributed by atoms with Crippen molar-refractivity contribution in [2.45, 2.75) is 33.1 Å². The Morgan fingerprint density at radius 1 is 1.12 bits per heavy atom. The molecule has 24 heavy (non-hydrogen) atoms. The van der Waals surface area contributed by atoms with Gasteiger partial charge in [0.2, 0.25) is 11.8 Å². The molecule has 1 aliphatic heterocycles. The first kappa shape index (κ1) is 16.2. The zero-order valence-electron chi connectivity index (χ0n) is 14.3. The number of anilines is 2. The van der Waals surface area contributed by atoms with E-state index in [9.17, 15) is 9.59 Å². The van der Waals surface area contributed by atoms with Crippen molar-refractivity contribution in [1.82, 2.24) is 0 Å². The Morgan fingerprint density at radius 2 is 1.83 bits per heavy atom. The number of nitrogens with one attached hydrogen (secondary N) is 1. The van der Waals surface area contributed by atoms with Gasteiger partial charge in [-0.25, -0.2) is 0 Å². The first-order valence-electron chi connectivity index (χ1n) is 8.20. The third kappa shape index (κ3) is 3.18. The molecule has 0 aliphatic carbocycles. The Balaban J connectivity index is 1.75. The number of aryl methyl sites for hydroxylation is 3. The minimum Gasteiger partial charge on any atom is -0.325 e. The molecule has 0 saturated heterocycles. The zero-order valence-corrected chi connectivity index (χ0v) is 14.3. The van der Waals surface area contributed by atoms with Gasteiger partial charge in [-0.1, -0.05) is 30.3 Å². The highest BCUT2D eigenvalue weighted by Crippen LogP contribution is 2.28. The fourth-order valence-corrected chi connectivity index (χ4v) is 3.20. The summed E-state index contributed by atoms with van der Waals surface area (Å²) in [6, 6.07) is 11.9. The van der Waals surface area contributed by atoms with Gasteiger partial charge in [0.1, 0.15) is 0 Å². The molecule has 0 radical (unpaired) electrons. The van der Waals surface area contributed by atoms with E-state index in [1.165, 1.54) is 0 Å². The smallest absolute Gasteiger partial charge is 0.228 e. The second-order valence-electron chi connectivity index (χ2n) is 6.41. The average Bonchev–Trinajstić information content (AvgIpc) is 2.55. The summed E-state index contributed by atoms with van der Waals surface area (Å²) in [5, 5.41) is 3.02. The standard InChI is InChI=1S/C20H22N2O2/c1-13-5-4-6-14(2)20(13)21-18(23)12-15-7-9-17-16(11-15)8-10-19(24)22(17)3/h4-7,9,11H,8,10,12H2,1-3H3,(H,21,23). The highest BCUT2D eigenvalue weighted by atomic mass is 16.2. The molecule has 1 aliphatic rings. The molecule has 2 aromatic carbocycles. The number of fused-ring (bicyclic) bond motifs is 1.